The first-order valence-corrected chi connectivity index (χ1v) is 8.81. The van der Waals surface area contributed by atoms with Crippen LogP contribution in [0.3, 0.4) is 0 Å². The van der Waals surface area contributed by atoms with Crippen LogP contribution in [0, 0.1) is 18.3 Å². The number of rotatable bonds is 4. The van der Waals surface area contributed by atoms with Crippen LogP contribution < -0.4 is 5.32 Å². The fourth-order valence-corrected chi connectivity index (χ4v) is 2.87. The van der Waals surface area contributed by atoms with Crippen molar-refractivity contribution in [2.45, 2.75) is 26.1 Å². The van der Waals surface area contributed by atoms with Crippen LogP contribution in [0.2, 0.25) is 5.02 Å². The van der Waals surface area contributed by atoms with Gasteiger partial charge in [0.25, 0.3) is 5.91 Å². The van der Waals surface area contributed by atoms with Crippen molar-refractivity contribution in [2.24, 2.45) is 0 Å². The molecule has 2 heterocycles. The number of aromatic nitrogens is 5. The van der Waals surface area contributed by atoms with Crippen molar-refractivity contribution in [1.82, 2.24) is 30.0 Å². The first kappa shape index (κ1) is 21.2. The second-order valence-corrected chi connectivity index (χ2v) is 6.66. The Morgan fingerprint density at radius 1 is 1.27 bits per heavy atom. The minimum absolute atomic E-state index is 0.106. The van der Waals surface area contributed by atoms with Crippen molar-refractivity contribution < 1.29 is 18.0 Å². The highest BCUT2D eigenvalue weighted by atomic mass is 35.5. The minimum Gasteiger partial charge on any atom is -0.342 e. The van der Waals surface area contributed by atoms with Crippen molar-refractivity contribution in [2.75, 3.05) is 0 Å². The van der Waals surface area contributed by atoms with E-state index in [-0.39, 0.29) is 27.9 Å². The summed E-state index contributed by atoms with van der Waals surface area (Å²) in [5, 5.41) is 15.6. The molecule has 0 bridgehead atoms. The zero-order chi connectivity index (χ0) is 22.1. The van der Waals surface area contributed by atoms with Crippen LogP contribution >= 0.6 is 11.6 Å². The van der Waals surface area contributed by atoms with Crippen molar-refractivity contribution in [3.05, 3.63) is 64.1 Å². The Kier molecular flexibility index (Phi) is 5.71. The standard InChI is InChI=1S/C18H13ClF3N7O/c1-9(26-17(30)11-3-12(18(20,21)22)5-13(19)4-11)16-27-10(2)28-29(16)15-6-14(7-23)24-8-25-15/h3-6,8-9H,1-2H3,(H,26,30)/t9-/m0/s1. The van der Waals surface area contributed by atoms with E-state index >= 15 is 0 Å². The molecule has 0 fully saturated rings. The summed E-state index contributed by atoms with van der Waals surface area (Å²) in [5.41, 5.74) is -1.18. The number of benzene rings is 1. The molecule has 1 aromatic carbocycles. The molecule has 0 aliphatic heterocycles. The number of aryl methyl sites for hydroxylation is 1. The molecule has 30 heavy (non-hydrogen) atoms. The predicted octanol–water partition coefficient (Wildman–Crippen LogP) is 3.40. The maximum atomic E-state index is 13.0. The molecule has 1 N–H and O–H groups in total. The lowest BCUT2D eigenvalue weighted by Crippen LogP contribution is -2.29. The molecule has 8 nitrogen and oxygen atoms in total. The van der Waals surface area contributed by atoms with Gasteiger partial charge in [-0.05, 0) is 32.0 Å². The van der Waals surface area contributed by atoms with Gasteiger partial charge in [0.05, 0.1) is 11.6 Å². The summed E-state index contributed by atoms with van der Waals surface area (Å²) in [4.78, 5) is 24.6. The molecule has 3 aromatic rings. The van der Waals surface area contributed by atoms with Crippen LogP contribution in [0.4, 0.5) is 13.2 Å². The number of nitrogens with zero attached hydrogens (tertiary/aromatic N) is 6. The summed E-state index contributed by atoms with van der Waals surface area (Å²) in [6.07, 6.45) is -3.46. The van der Waals surface area contributed by atoms with Crippen LogP contribution in [0.1, 0.15) is 46.2 Å². The third-order valence-corrected chi connectivity index (χ3v) is 4.16. The van der Waals surface area contributed by atoms with E-state index in [1.165, 1.54) is 17.1 Å². The first-order valence-electron chi connectivity index (χ1n) is 8.43. The molecule has 1 amide bonds. The lowest BCUT2D eigenvalue weighted by molar-refractivity contribution is -0.137. The SMILES string of the molecule is Cc1nc([C@H](C)NC(=O)c2cc(Cl)cc(C(F)(F)F)c2)n(-c2cc(C#N)ncn2)n1. The molecule has 154 valence electrons. The van der Waals surface area contributed by atoms with E-state index in [0.717, 1.165) is 12.1 Å². The van der Waals surface area contributed by atoms with Gasteiger partial charge in [0.15, 0.2) is 11.6 Å². The summed E-state index contributed by atoms with van der Waals surface area (Å²) in [7, 11) is 0. The number of amides is 1. The number of hydrogen-bond acceptors (Lipinski definition) is 6. The van der Waals surface area contributed by atoms with Gasteiger partial charge in [-0.15, -0.1) is 5.10 Å². The fraction of sp³-hybridized carbons (Fsp3) is 0.222. The first-order chi connectivity index (χ1) is 14.1. The molecule has 0 aliphatic rings. The smallest absolute Gasteiger partial charge is 0.342 e. The maximum absolute atomic E-state index is 13.0. The summed E-state index contributed by atoms with van der Waals surface area (Å²) >= 11 is 5.74. The van der Waals surface area contributed by atoms with Gasteiger partial charge in [-0.2, -0.15) is 23.1 Å². The largest absolute Gasteiger partial charge is 0.416 e. The van der Waals surface area contributed by atoms with E-state index in [1.807, 2.05) is 6.07 Å². The van der Waals surface area contributed by atoms with E-state index in [1.54, 1.807) is 13.8 Å². The highest BCUT2D eigenvalue weighted by Crippen LogP contribution is 2.32. The van der Waals surface area contributed by atoms with Crippen LogP contribution in [0.25, 0.3) is 5.82 Å². The van der Waals surface area contributed by atoms with Crippen molar-refractivity contribution in [3.63, 3.8) is 0 Å². The summed E-state index contributed by atoms with van der Waals surface area (Å²) in [6.45, 7) is 3.20. The van der Waals surface area contributed by atoms with Crippen LogP contribution in [0.5, 0.6) is 0 Å². The number of carbonyl (C=O) groups excluding carboxylic acids is 1. The number of alkyl halides is 3. The lowest BCUT2D eigenvalue weighted by atomic mass is 10.1. The quantitative estimate of drug-likeness (QED) is 0.672. The molecule has 3 rings (SSSR count). The van der Waals surface area contributed by atoms with Gasteiger partial charge < -0.3 is 5.32 Å². The molecular formula is C18H13ClF3N7O. The van der Waals surface area contributed by atoms with Gasteiger partial charge in [-0.25, -0.2) is 15.0 Å². The zero-order valence-corrected chi connectivity index (χ0v) is 16.3. The van der Waals surface area contributed by atoms with E-state index in [0.29, 0.717) is 11.9 Å². The van der Waals surface area contributed by atoms with Gasteiger partial charge in [0, 0.05) is 16.7 Å². The predicted molar refractivity (Wildman–Crippen MR) is 98.7 cm³/mol. The molecule has 0 saturated heterocycles. The third-order valence-electron chi connectivity index (χ3n) is 3.94. The molecule has 0 aliphatic carbocycles. The average molecular weight is 436 g/mol. The molecular weight excluding hydrogens is 423 g/mol. The van der Waals surface area contributed by atoms with Gasteiger partial charge >= 0.3 is 6.18 Å². The second-order valence-electron chi connectivity index (χ2n) is 6.22. The highest BCUT2D eigenvalue weighted by molar-refractivity contribution is 6.31. The van der Waals surface area contributed by atoms with E-state index in [2.05, 4.69) is 25.4 Å². The molecule has 0 radical (unpaired) electrons. The van der Waals surface area contributed by atoms with Crippen molar-refractivity contribution in [1.29, 1.82) is 5.26 Å². The van der Waals surface area contributed by atoms with Crippen molar-refractivity contribution in [3.8, 4) is 11.9 Å². The highest BCUT2D eigenvalue weighted by Gasteiger charge is 2.32. The molecule has 12 heteroatoms. The number of carbonyl (C=O) groups is 1. The minimum atomic E-state index is -4.64. The molecule has 2 aromatic heterocycles. The van der Waals surface area contributed by atoms with E-state index < -0.39 is 23.7 Å². The van der Waals surface area contributed by atoms with Crippen LogP contribution in [0.15, 0.2) is 30.6 Å². The van der Waals surface area contributed by atoms with Crippen molar-refractivity contribution >= 4 is 17.5 Å². The maximum Gasteiger partial charge on any atom is 0.416 e. The fourth-order valence-electron chi connectivity index (χ4n) is 2.63. The number of nitriles is 1. The van der Waals surface area contributed by atoms with Gasteiger partial charge in [0.1, 0.15) is 23.9 Å². The van der Waals surface area contributed by atoms with Gasteiger partial charge in [-0.1, -0.05) is 11.6 Å². The molecule has 0 spiro atoms. The van der Waals surface area contributed by atoms with Crippen LogP contribution in [-0.4, -0.2) is 30.6 Å². The lowest BCUT2D eigenvalue weighted by Gasteiger charge is -2.15. The van der Waals surface area contributed by atoms with Crippen LogP contribution in [-0.2, 0) is 6.18 Å². The summed E-state index contributed by atoms with van der Waals surface area (Å²) < 4.78 is 40.3. The Labute approximate surface area is 173 Å². The number of hydrogen-bond donors (Lipinski definition) is 1. The second kappa shape index (κ2) is 8.08. The van der Waals surface area contributed by atoms with Gasteiger partial charge in [-0.3, -0.25) is 4.79 Å². The Hall–Kier alpha value is -3.52. The average Bonchev–Trinajstić information content (AvgIpc) is 3.08. The molecule has 0 unspecified atom stereocenters. The number of halogens is 4. The summed E-state index contributed by atoms with van der Waals surface area (Å²) in [5.74, 6) is 0.107. The van der Waals surface area contributed by atoms with Gasteiger partial charge in [0.2, 0.25) is 0 Å². The number of nitrogens with one attached hydrogen (secondary N) is 1. The molecule has 1 atom stereocenters. The Balaban J connectivity index is 1.90. The Morgan fingerprint density at radius 2 is 2.00 bits per heavy atom. The molecule has 0 saturated carbocycles. The monoisotopic (exact) mass is 435 g/mol. The zero-order valence-electron chi connectivity index (χ0n) is 15.6. The van der Waals surface area contributed by atoms with E-state index in [9.17, 15) is 18.0 Å². The Morgan fingerprint density at radius 3 is 2.67 bits per heavy atom. The normalized spacial score (nSPS) is 12.3. The summed E-state index contributed by atoms with van der Waals surface area (Å²) in [6, 6.07) is 5.11. The van der Waals surface area contributed by atoms with E-state index in [4.69, 9.17) is 16.9 Å². The Bertz CT molecular complexity index is 1150. The topological polar surface area (TPSA) is 109 Å². The third kappa shape index (κ3) is 4.55.